The van der Waals surface area contributed by atoms with Gasteiger partial charge in [-0.25, -0.2) is 0 Å². The van der Waals surface area contributed by atoms with E-state index < -0.39 is 24.2 Å². The molecule has 1 aliphatic carbocycles. The molecule has 2 fully saturated rings. The van der Waals surface area contributed by atoms with Gasteiger partial charge >= 0.3 is 6.18 Å². The van der Waals surface area contributed by atoms with E-state index in [9.17, 15) is 18.0 Å². The maximum absolute atomic E-state index is 13.2. The predicted octanol–water partition coefficient (Wildman–Crippen LogP) is 2.97. The molecule has 2 unspecified atom stereocenters. The zero-order valence-electron chi connectivity index (χ0n) is 13.3. The van der Waals surface area contributed by atoms with Crippen molar-refractivity contribution in [2.45, 2.75) is 43.9 Å². The Balaban J connectivity index is 1.70. The number of likely N-dealkylation sites (tertiary alicyclic amines) is 1. The van der Waals surface area contributed by atoms with Crippen LogP contribution in [-0.4, -0.2) is 42.2 Å². The maximum atomic E-state index is 13.2. The lowest BCUT2D eigenvalue weighted by Gasteiger charge is -2.39. The third kappa shape index (κ3) is 4.01. The molecule has 7 heteroatoms. The summed E-state index contributed by atoms with van der Waals surface area (Å²) in [5, 5.41) is 0. The third-order valence-electron chi connectivity index (χ3n) is 4.54. The first kappa shape index (κ1) is 17.1. The van der Waals surface area contributed by atoms with Crippen LogP contribution in [0.2, 0.25) is 0 Å². The number of benzene rings is 1. The first-order valence-electron chi connectivity index (χ1n) is 8.20. The number of halogens is 3. The highest BCUT2D eigenvalue weighted by Crippen LogP contribution is 2.33. The van der Waals surface area contributed by atoms with Crippen LogP contribution in [0.5, 0.6) is 5.75 Å². The molecule has 0 bridgehead atoms. The number of hydrogen-bond donors (Lipinski definition) is 1. The monoisotopic (exact) mass is 342 g/mol. The van der Waals surface area contributed by atoms with Crippen LogP contribution >= 0.6 is 0 Å². The van der Waals surface area contributed by atoms with Gasteiger partial charge in [0.2, 0.25) is 0 Å². The number of piperidine rings is 1. The fourth-order valence-electron chi connectivity index (χ4n) is 2.92. The quantitative estimate of drug-likeness (QED) is 0.915. The van der Waals surface area contributed by atoms with Crippen molar-refractivity contribution in [3.05, 3.63) is 29.8 Å². The first-order valence-corrected chi connectivity index (χ1v) is 8.20. The van der Waals surface area contributed by atoms with Crippen molar-refractivity contribution in [2.75, 3.05) is 13.2 Å². The van der Waals surface area contributed by atoms with Gasteiger partial charge in [-0.15, -0.1) is 0 Å². The molecule has 0 radical (unpaired) electrons. The second kappa shape index (κ2) is 6.63. The van der Waals surface area contributed by atoms with Crippen molar-refractivity contribution in [1.82, 2.24) is 4.90 Å². The van der Waals surface area contributed by atoms with Gasteiger partial charge in [-0.2, -0.15) is 13.2 Å². The molecule has 3 rings (SSSR count). The van der Waals surface area contributed by atoms with Crippen LogP contribution in [0.1, 0.15) is 36.0 Å². The molecule has 0 spiro atoms. The lowest BCUT2D eigenvalue weighted by atomic mass is 9.97. The van der Waals surface area contributed by atoms with Crippen molar-refractivity contribution in [3.63, 3.8) is 0 Å². The Hall–Kier alpha value is -1.76. The summed E-state index contributed by atoms with van der Waals surface area (Å²) in [6.45, 7) is 0.563. The average Bonchev–Trinajstić information content (AvgIpc) is 3.36. The summed E-state index contributed by atoms with van der Waals surface area (Å²) in [6.07, 6.45) is -1.99. The molecule has 132 valence electrons. The Morgan fingerprint density at radius 2 is 1.83 bits per heavy atom. The van der Waals surface area contributed by atoms with Crippen LogP contribution < -0.4 is 10.5 Å². The number of rotatable bonds is 4. The molecule has 24 heavy (non-hydrogen) atoms. The Morgan fingerprint density at radius 1 is 1.17 bits per heavy atom. The third-order valence-corrected chi connectivity index (χ3v) is 4.54. The molecular formula is C17H21F3N2O2. The lowest BCUT2D eigenvalue weighted by molar-refractivity contribution is -0.184. The smallest absolute Gasteiger partial charge is 0.408 e. The van der Waals surface area contributed by atoms with Gasteiger partial charge in [-0.3, -0.25) is 4.79 Å². The molecule has 2 aliphatic rings. The van der Waals surface area contributed by atoms with E-state index in [-0.39, 0.29) is 24.9 Å². The SMILES string of the molecule is NC1CCC(C(F)(F)F)N(C(=O)c2ccc(OCC3CC3)cc2)C1. The fourth-order valence-corrected chi connectivity index (χ4v) is 2.92. The molecule has 1 saturated heterocycles. The summed E-state index contributed by atoms with van der Waals surface area (Å²) in [5.74, 6) is 0.594. The van der Waals surface area contributed by atoms with Gasteiger partial charge in [0, 0.05) is 18.2 Å². The number of amides is 1. The Labute approximate surface area is 138 Å². The maximum Gasteiger partial charge on any atom is 0.408 e. The molecule has 1 aromatic rings. The molecule has 1 amide bonds. The topological polar surface area (TPSA) is 55.6 Å². The number of alkyl halides is 3. The summed E-state index contributed by atoms with van der Waals surface area (Å²) < 4.78 is 45.1. The number of ether oxygens (including phenoxy) is 1. The van der Waals surface area contributed by atoms with E-state index in [1.165, 1.54) is 25.0 Å². The fraction of sp³-hybridized carbons (Fsp3) is 0.588. The molecule has 2 atom stereocenters. The normalized spacial score (nSPS) is 24.8. The van der Waals surface area contributed by atoms with E-state index in [0.29, 0.717) is 18.3 Å². The van der Waals surface area contributed by atoms with Gasteiger partial charge in [-0.05, 0) is 55.9 Å². The van der Waals surface area contributed by atoms with Crippen LogP contribution in [-0.2, 0) is 0 Å². The number of nitrogens with zero attached hydrogens (tertiary/aromatic N) is 1. The highest BCUT2D eigenvalue weighted by atomic mass is 19.4. The number of hydrogen-bond acceptors (Lipinski definition) is 3. The van der Waals surface area contributed by atoms with E-state index in [4.69, 9.17) is 10.5 Å². The van der Waals surface area contributed by atoms with Crippen LogP contribution in [0.25, 0.3) is 0 Å². The van der Waals surface area contributed by atoms with Gasteiger partial charge in [0.05, 0.1) is 6.61 Å². The second-order valence-electron chi connectivity index (χ2n) is 6.63. The summed E-state index contributed by atoms with van der Waals surface area (Å²) >= 11 is 0. The van der Waals surface area contributed by atoms with Crippen molar-refractivity contribution in [3.8, 4) is 5.75 Å². The Morgan fingerprint density at radius 3 is 2.42 bits per heavy atom. The number of carbonyl (C=O) groups excluding carboxylic acids is 1. The zero-order valence-corrected chi connectivity index (χ0v) is 13.3. The minimum atomic E-state index is -4.44. The largest absolute Gasteiger partial charge is 0.493 e. The molecule has 4 nitrogen and oxygen atoms in total. The molecule has 1 aromatic carbocycles. The Bertz CT molecular complexity index is 584. The molecule has 1 heterocycles. The van der Waals surface area contributed by atoms with E-state index in [1.54, 1.807) is 12.1 Å². The van der Waals surface area contributed by atoms with Crippen molar-refractivity contribution in [1.29, 1.82) is 0 Å². The van der Waals surface area contributed by atoms with Gasteiger partial charge in [0.1, 0.15) is 11.8 Å². The van der Waals surface area contributed by atoms with Crippen LogP contribution in [0, 0.1) is 5.92 Å². The van der Waals surface area contributed by atoms with Gasteiger partial charge in [0.15, 0.2) is 0 Å². The molecule has 1 aliphatic heterocycles. The van der Waals surface area contributed by atoms with Crippen LogP contribution in [0.15, 0.2) is 24.3 Å². The van der Waals surface area contributed by atoms with Crippen LogP contribution in [0.3, 0.4) is 0 Å². The van der Waals surface area contributed by atoms with E-state index in [1.807, 2.05) is 0 Å². The second-order valence-corrected chi connectivity index (χ2v) is 6.63. The minimum absolute atomic E-state index is 0.0804. The van der Waals surface area contributed by atoms with E-state index in [0.717, 1.165) is 4.90 Å². The van der Waals surface area contributed by atoms with Crippen LogP contribution in [0.4, 0.5) is 13.2 Å². The highest BCUT2D eigenvalue weighted by Gasteiger charge is 2.47. The highest BCUT2D eigenvalue weighted by molar-refractivity contribution is 5.94. The first-order chi connectivity index (χ1) is 11.3. The molecular weight excluding hydrogens is 321 g/mol. The number of carbonyl (C=O) groups is 1. The summed E-state index contributed by atoms with van der Waals surface area (Å²) in [7, 11) is 0. The van der Waals surface area contributed by atoms with Gasteiger partial charge in [0.25, 0.3) is 5.91 Å². The lowest BCUT2D eigenvalue weighted by Crippen LogP contribution is -2.56. The van der Waals surface area contributed by atoms with Gasteiger partial charge < -0.3 is 15.4 Å². The number of nitrogens with two attached hydrogens (primary N) is 1. The summed E-state index contributed by atoms with van der Waals surface area (Å²) in [6, 6.07) is 4.09. The van der Waals surface area contributed by atoms with E-state index >= 15 is 0 Å². The molecule has 2 N–H and O–H groups in total. The van der Waals surface area contributed by atoms with Crippen molar-refractivity contribution >= 4 is 5.91 Å². The standard InChI is InChI=1S/C17H21F3N2O2/c18-17(19,20)15-8-5-13(21)9-22(15)16(23)12-3-6-14(7-4-12)24-10-11-1-2-11/h3-4,6-7,11,13,15H,1-2,5,8-10,21H2. The summed E-state index contributed by atoms with van der Waals surface area (Å²) in [5.41, 5.74) is 5.98. The molecule has 0 aromatic heterocycles. The summed E-state index contributed by atoms with van der Waals surface area (Å²) in [4.78, 5) is 13.4. The minimum Gasteiger partial charge on any atom is -0.493 e. The predicted molar refractivity (Wildman–Crippen MR) is 82.7 cm³/mol. The average molecular weight is 342 g/mol. The van der Waals surface area contributed by atoms with Crippen molar-refractivity contribution < 1.29 is 22.7 Å². The Kier molecular flexibility index (Phi) is 4.71. The van der Waals surface area contributed by atoms with Crippen molar-refractivity contribution in [2.24, 2.45) is 11.7 Å². The zero-order chi connectivity index (χ0) is 17.3. The molecule has 1 saturated carbocycles. The van der Waals surface area contributed by atoms with Gasteiger partial charge in [-0.1, -0.05) is 0 Å². The van der Waals surface area contributed by atoms with E-state index in [2.05, 4.69) is 0 Å².